The van der Waals surface area contributed by atoms with Gasteiger partial charge in [0.25, 0.3) is 0 Å². The Balaban J connectivity index is 1.84. The molecule has 0 amide bonds. The topological polar surface area (TPSA) is 42.4 Å². The zero-order valence-corrected chi connectivity index (χ0v) is 9.83. The molecule has 0 radical (unpaired) electrons. The Hall–Kier alpha value is -1.55. The number of thiazole rings is 1. The van der Waals surface area contributed by atoms with E-state index in [1.54, 1.807) is 35.6 Å². The third kappa shape index (κ3) is 2.73. The number of ether oxygens (including phenoxy) is 1. The fraction of sp³-hybridized carbons (Fsp3) is 0.250. The van der Waals surface area contributed by atoms with Crippen molar-refractivity contribution in [1.82, 2.24) is 4.98 Å². The first kappa shape index (κ1) is 11.0. The molecule has 0 bridgehead atoms. The van der Waals surface area contributed by atoms with E-state index in [4.69, 9.17) is 9.84 Å². The first-order chi connectivity index (χ1) is 7.75. The molecule has 0 unspecified atom stereocenters. The summed E-state index contributed by atoms with van der Waals surface area (Å²) < 4.78 is 5.56. The van der Waals surface area contributed by atoms with Crippen LogP contribution < -0.4 is 4.74 Å². The van der Waals surface area contributed by atoms with Gasteiger partial charge in [0, 0.05) is 11.3 Å². The summed E-state index contributed by atoms with van der Waals surface area (Å²) in [7, 11) is 0. The Labute approximate surface area is 98.4 Å². The van der Waals surface area contributed by atoms with Crippen molar-refractivity contribution in [1.29, 1.82) is 0 Å². The van der Waals surface area contributed by atoms with Crippen LogP contribution in [0.15, 0.2) is 29.8 Å². The molecule has 0 aliphatic heterocycles. The van der Waals surface area contributed by atoms with Crippen LogP contribution in [0, 0.1) is 6.92 Å². The standard InChI is InChI=1S/C12H13NO2S/c1-9-12(16-8-13-9)6-7-15-11-4-2-10(14)3-5-11/h2-5,8,14H,6-7H2,1H3. The number of aromatic hydroxyl groups is 1. The van der Waals surface area contributed by atoms with Crippen molar-refractivity contribution in [3.8, 4) is 11.5 Å². The molecule has 1 N–H and O–H groups in total. The van der Waals surface area contributed by atoms with Crippen molar-refractivity contribution in [2.24, 2.45) is 0 Å². The van der Waals surface area contributed by atoms with Gasteiger partial charge in [-0.05, 0) is 31.2 Å². The molecule has 84 valence electrons. The summed E-state index contributed by atoms with van der Waals surface area (Å²) in [6.45, 7) is 2.64. The highest BCUT2D eigenvalue weighted by molar-refractivity contribution is 7.09. The average Bonchev–Trinajstić information content (AvgIpc) is 2.68. The molecule has 4 heteroatoms. The van der Waals surface area contributed by atoms with E-state index >= 15 is 0 Å². The number of hydrogen-bond donors (Lipinski definition) is 1. The maximum atomic E-state index is 9.11. The van der Waals surface area contributed by atoms with Crippen LogP contribution in [0.3, 0.4) is 0 Å². The summed E-state index contributed by atoms with van der Waals surface area (Å²) in [5, 5.41) is 9.11. The summed E-state index contributed by atoms with van der Waals surface area (Å²) in [5.74, 6) is 1.03. The van der Waals surface area contributed by atoms with Crippen molar-refractivity contribution < 1.29 is 9.84 Å². The third-order valence-electron chi connectivity index (χ3n) is 2.28. The van der Waals surface area contributed by atoms with Crippen molar-refractivity contribution in [2.45, 2.75) is 13.3 Å². The minimum atomic E-state index is 0.255. The monoisotopic (exact) mass is 235 g/mol. The van der Waals surface area contributed by atoms with Gasteiger partial charge in [-0.3, -0.25) is 0 Å². The summed E-state index contributed by atoms with van der Waals surface area (Å²) >= 11 is 1.66. The van der Waals surface area contributed by atoms with Gasteiger partial charge >= 0.3 is 0 Å². The van der Waals surface area contributed by atoms with E-state index in [-0.39, 0.29) is 5.75 Å². The highest BCUT2D eigenvalue weighted by atomic mass is 32.1. The molecule has 1 heterocycles. The highest BCUT2D eigenvalue weighted by Gasteiger charge is 2.01. The smallest absolute Gasteiger partial charge is 0.119 e. The van der Waals surface area contributed by atoms with Gasteiger partial charge in [0.05, 0.1) is 17.8 Å². The summed E-state index contributed by atoms with van der Waals surface area (Å²) in [5.41, 5.74) is 2.94. The first-order valence-electron chi connectivity index (χ1n) is 5.06. The first-order valence-corrected chi connectivity index (χ1v) is 5.94. The van der Waals surface area contributed by atoms with E-state index in [1.807, 2.05) is 12.4 Å². The maximum absolute atomic E-state index is 9.11. The Morgan fingerprint density at radius 2 is 2.06 bits per heavy atom. The van der Waals surface area contributed by atoms with Crippen LogP contribution in [0.1, 0.15) is 10.6 Å². The number of hydrogen-bond acceptors (Lipinski definition) is 4. The molecule has 0 aliphatic carbocycles. The second-order valence-electron chi connectivity index (χ2n) is 3.45. The molecule has 0 spiro atoms. The molecule has 0 saturated carbocycles. The third-order valence-corrected chi connectivity index (χ3v) is 3.27. The molecule has 0 saturated heterocycles. The zero-order chi connectivity index (χ0) is 11.4. The molecule has 2 aromatic rings. The number of phenolic OH excluding ortho intramolecular Hbond substituents is 1. The van der Waals surface area contributed by atoms with Gasteiger partial charge in [-0.15, -0.1) is 11.3 Å². The van der Waals surface area contributed by atoms with Crippen LogP contribution >= 0.6 is 11.3 Å². The molecule has 3 nitrogen and oxygen atoms in total. The largest absolute Gasteiger partial charge is 0.508 e. The van der Waals surface area contributed by atoms with Crippen molar-refractivity contribution >= 4 is 11.3 Å². The molecule has 1 aromatic carbocycles. The van der Waals surface area contributed by atoms with Crippen molar-refractivity contribution in [3.63, 3.8) is 0 Å². The van der Waals surface area contributed by atoms with Crippen LogP contribution in [0.4, 0.5) is 0 Å². The minimum Gasteiger partial charge on any atom is -0.508 e. The predicted molar refractivity (Wildman–Crippen MR) is 64.2 cm³/mol. The number of phenols is 1. The summed E-state index contributed by atoms with van der Waals surface area (Å²) in [6, 6.07) is 6.75. The van der Waals surface area contributed by atoms with Gasteiger partial charge in [-0.2, -0.15) is 0 Å². The number of rotatable bonds is 4. The lowest BCUT2D eigenvalue weighted by Gasteiger charge is -2.05. The van der Waals surface area contributed by atoms with Crippen LogP contribution in [0.25, 0.3) is 0 Å². The van der Waals surface area contributed by atoms with E-state index < -0.39 is 0 Å². The van der Waals surface area contributed by atoms with E-state index in [9.17, 15) is 0 Å². The van der Waals surface area contributed by atoms with Gasteiger partial charge in [0.15, 0.2) is 0 Å². The number of benzene rings is 1. The molecule has 0 atom stereocenters. The molecular formula is C12H13NO2S. The second kappa shape index (κ2) is 4.99. The van der Waals surface area contributed by atoms with Crippen LogP contribution in [0.2, 0.25) is 0 Å². The van der Waals surface area contributed by atoms with Gasteiger partial charge in [0.1, 0.15) is 11.5 Å². The van der Waals surface area contributed by atoms with Gasteiger partial charge in [0.2, 0.25) is 0 Å². The van der Waals surface area contributed by atoms with Crippen LogP contribution in [-0.2, 0) is 6.42 Å². The van der Waals surface area contributed by atoms with Gasteiger partial charge in [-0.25, -0.2) is 4.98 Å². The second-order valence-corrected chi connectivity index (χ2v) is 4.39. The summed E-state index contributed by atoms with van der Waals surface area (Å²) in [4.78, 5) is 5.45. The minimum absolute atomic E-state index is 0.255. The quantitative estimate of drug-likeness (QED) is 0.886. The highest BCUT2D eigenvalue weighted by Crippen LogP contribution is 2.17. The van der Waals surface area contributed by atoms with E-state index in [1.165, 1.54) is 4.88 Å². The molecule has 16 heavy (non-hydrogen) atoms. The Bertz CT molecular complexity index is 450. The summed E-state index contributed by atoms with van der Waals surface area (Å²) in [6.07, 6.45) is 0.872. The Kier molecular flexibility index (Phi) is 3.41. The van der Waals surface area contributed by atoms with Crippen molar-refractivity contribution in [3.05, 3.63) is 40.3 Å². The lowest BCUT2D eigenvalue weighted by atomic mass is 10.3. The Morgan fingerprint density at radius 1 is 1.31 bits per heavy atom. The average molecular weight is 235 g/mol. The van der Waals surface area contributed by atoms with Crippen molar-refractivity contribution in [2.75, 3.05) is 6.61 Å². The molecule has 1 aromatic heterocycles. The van der Waals surface area contributed by atoms with Gasteiger partial charge < -0.3 is 9.84 Å². The lowest BCUT2D eigenvalue weighted by Crippen LogP contribution is -2.00. The number of aryl methyl sites for hydroxylation is 1. The predicted octanol–water partition coefficient (Wildman–Crippen LogP) is 2.78. The molecular weight excluding hydrogens is 222 g/mol. The SMILES string of the molecule is Cc1ncsc1CCOc1ccc(O)cc1. The number of aromatic nitrogens is 1. The molecule has 0 fully saturated rings. The van der Waals surface area contributed by atoms with E-state index in [2.05, 4.69) is 4.98 Å². The fourth-order valence-corrected chi connectivity index (χ4v) is 2.13. The van der Waals surface area contributed by atoms with Crippen LogP contribution in [0.5, 0.6) is 11.5 Å². The fourth-order valence-electron chi connectivity index (χ4n) is 1.37. The maximum Gasteiger partial charge on any atom is 0.119 e. The zero-order valence-electron chi connectivity index (χ0n) is 9.01. The number of nitrogens with zero attached hydrogens (tertiary/aromatic N) is 1. The normalized spacial score (nSPS) is 10.3. The molecule has 0 aliphatic rings. The Morgan fingerprint density at radius 3 is 2.69 bits per heavy atom. The van der Waals surface area contributed by atoms with Gasteiger partial charge in [-0.1, -0.05) is 0 Å². The van der Waals surface area contributed by atoms with E-state index in [0.29, 0.717) is 6.61 Å². The van der Waals surface area contributed by atoms with Crippen LogP contribution in [-0.4, -0.2) is 16.7 Å². The lowest BCUT2D eigenvalue weighted by molar-refractivity contribution is 0.322. The van der Waals surface area contributed by atoms with E-state index in [0.717, 1.165) is 17.9 Å². The molecule has 2 rings (SSSR count).